The molecule has 0 aliphatic heterocycles. The zero-order chi connectivity index (χ0) is 12.6. The molecule has 0 rings (SSSR count). The summed E-state index contributed by atoms with van der Waals surface area (Å²) in [6, 6.07) is -0.518. The van der Waals surface area contributed by atoms with Gasteiger partial charge in [0.25, 0.3) is 0 Å². The van der Waals surface area contributed by atoms with Crippen LogP contribution in [0.4, 0.5) is 0 Å². The molecule has 96 valence electrons. The van der Waals surface area contributed by atoms with Gasteiger partial charge in [-0.05, 0) is 13.0 Å². The topological polar surface area (TPSA) is 61.8 Å². The van der Waals surface area contributed by atoms with Crippen LogP contribution in [-0.2, 0) is 9.53 Å². The number of rotatable bonds is 9. The number of nitrogens with one attached hydrogen (secondary N) is 1. The highest BCUT2D eigenvalue weighted by Gasteiger charge is 2.19. The van der Waals surface area contributed by atoms with E-state index in [2.05, 4.69) is 24.1 Å². The Bertz CT molecular complexity index is 198. The Kier molecular flexibility index (Phi) is 8.15. The highest BCUT2D eigenvalue weighted by Crippen LogP contribution is 2.00. The van der Waals surface area contributed by atoms with Gasteiger partial charge in [0, 0.05) is 26.7 Å². The van der Waals surface area contributed by atoms with E-state index < -0.39 is 12.0 Å². The summed E-state index contributed by atoms with van der Waals surface area (Å²) >= 11 is 0. The van der Waals surface area contributed by atoms with Gasteiger partial charge in [-0.15, -0.1) is 0 Å². The Morgan fingerprint density at radius 3 is 2.44 bits per heavy atom. The third-order valence-electron chi connectivity index (χ3n) is 2.32. The maximum absolute atomic E-state index is 10.9. The third-order valence-corrected chi connectivity index (χ3v) is 2.32. The lowest BCUT2D eigenvalue weighted by atomic mass is 10.2. The number of hydrogen-bond acceptors (Lipinski definition) is 4. The number of aliphatic carboxylic acids is 1. The van der Waals surface area contributed by atoms with E-state index in [9.17, 15) is 4.79 Å². The lowest BCUT2D eigenvalue weighted by Crippen LogP contribution is -2.46. The predicted molar refractivity (Wildman–Crippen MR) is 63.6 cm³/mol. The number of nitrogens with zero attached hydrogens (tertiary/aromatic N) is 1. The molecule has 0 aromatic heterocycles. The first-order chi connectivity index (χ1) is 7.51. The monoisotopic (exact) mass is 232 g/mol. The Morgan fingerprint density at radius 2 is 2.06 bits per heavy atom. The van der Waals surface area contributed by atoms with E-state index in [-0.39, 0.29) is 0 Å². The van der Waals surface area contributed by atoms with Crippen LogP contribution in [0.2, 0.25) is 0 Å². The van der Waals surface area contributed by atoms with Crippen molar-refractivity contribution in [2.45, 2.75) is 19.9 Å². The van der Waals surface area contributed by atoms with Crippen molar-refractivity contribution in [2.24, 2.45) is 5.92 Å². The fourth-order valence-corrected chi connectivity index (χ4v) is 1.54. The largest absolute Gasteiger partial charge is 0.480 e. The Balaban J connectivity index is 4.21. The molecular weight excluding hydrogens is 208 g/mol. The molecule has 2 N–H and O–H groups in total. The predicted octanol–water partition coefficient (Wildman–Crippen LogP) is 0.263. The van der Waals surface area contributed by atoms with E-state index in [1.165, 1.54) is 0 Å². The minimum absolute atomic E-state index is 0.507. The first kappa shape index (κ1) is 15.3. The highest BCUT2D eigenvalue weighted by molar-refractivity contribution is 5.73. The zero-order valence-corrected chi connectivity index (χ0v) is 10.7. The van der Waals surface area contributed by atoms with Crippen LogP contribution in [-0.4, -0.2) is 62.4 Å². The maximum atomic E-state index is 10.9. The van der Waals surface area contributed by atoms with Crippen LogP contribution in [0.3, 0.4) is 0 Å². The van der Waals surface area contributed by atoms with Gasteiger partial charge in [0.2, 0.25) is 0 Å². The second-order valence-corrected chi connectivity index (χ2v) is 4.33. The van der Waals surface area contributed by atoms with Gasteiger partial charge in [-0.2, -0.15) is 0 Å². The molecule has 16 heavy (non-hydrogen) atoms. The lowest BCUT2D eigenvalue weighted by Gasteiger charge is -2.26. The lowest BCUT2D eigenvalue weighted by molar-refractivity contribution is -0.139. The molecule has 0 radical (unpaired) electrons. The molecule has 1 atom stereocenters. The molecule has 0 fully saturated rings. The van der Waals surface area contributed by atoms with E-state index in [1.54, 1.807) is 14.2 Å². The van der Waals surface area contributed by atoms with Gasteiger partial charge in [-0.25, -0.2) is 0 Å². The second-order valence-electron chi connectivity index (χ2n) is 4.33. The number of methoxy groups -OCH3 is 1. The van der Waals surface area contributed by atoms with Crippen LogP contribution in [0.25, 0.3) is 0 Å². The van der Waals surface area contributed by atoms with Crippen molar-refractivity contribution in [3.8, 4) is 0 Å². The Labute approximate surface area is 97.8 Å². The average Bonchev–Trinajstić information content (AvgIpc) is 2.20. The van der Waals surface area contributed by atoms with Crippen LogP contribution in [0.5, 0.6) is 0 Å². The molecule has 0 bridgehead atoms. The van der Waals surface area contributed by atoms with E-state index in [0.717, 1.165) is 13.1 Å². The van der Waals surface area contributed by atoms with Gasteiger partial charge in [-0.3, -0.25) is 9.69 Å². The first-order valence-electron chi connectivity index (χ1n) is 5.62. The van der Waals surface area contributed by atoms with E-state index in [1.807, 2.05) is 0 Å². The first-order valence-corrected chi connectivity index (χ1v) is 5.62. The van der Waals surface area contributed by atoms with Crippen molar-refractivity contribution in [3.05, 3.63) is 0 Å². The van der Waals surface area contributed by atoms with Crippen LogP contribution in [0.1, 0.15) is 13.8 Å². The number of likely N-dealkylation sites (N-methyl/N-ethyl adjacent to an activating group) is 1. The number of ether oxygens (including phenoxy) is 1. The fraction of sp³-hybridized carbons (Fsp3) is 0.909. The van der Waals surface area contributed by atoms with E-state index in [4.69, 9.17) is 9.84 Å². The standard InChI is InChI=1S/C11H24N2O3/c1-9(2)7-13(5-6-16-4)8-10(12-3)11(14)15/h9-10,12H,5-8H2,1-4H3,(H,14,15). The summed E-state index contributed by atoms with van der Waals surface area (Å²) in [6.07, 6.45) is 0. The van der Waals surface area contributed by atoms with Crippen molar-refractivity contribution in [1.29, 1.82) is 0 Å². The van der Waals surface area contributed by atoms with Crippen molar-refractivity contribution in [1.82, 2.24) is 10.2 Å². The fourth-order valence-electron chi connectivity index (χ4n) is 1.54. The van der Waals surface area contributed by atoms with Crippen molar-refractivity contribution in [3.63, 3.8) is 0 Å². The molecule has 5 nitrogen and oxygen atoms in total. The summed E-state index contributed by atoms with van der Waals surface area (Å²) in [6.45, 7) is 7.02. The SMILES string of the molecule is CNC(CN(CCOC)CC(C)C)C(=O)O. The van der Waals surface area contributed by atoms with Crippen molar-refractivity contribution < 1.29 is 14.6 Å². The van der Waals surface area contributed by atoms with Crippen LogP contribution >= 0.6 is 0 Å². The number of carboxylic acid groups (broad SMARTS) is 1. The highest BCUT2D eigenvalue weighted by atomic mass is 16.5. The molecule has 0 saturated heterocycles. The van der Waals surface area contributed by atoms with Gasteiger partial charge in [0.15, 0.2) is 0 Å². The molecule has 0 aliphatic carbocycles. The van der Waals surface area contributed by atoms with Crippen molar-refractivity contribution >= 4 is 5.97 Å². The molecule has 0 heterocycles. The smallest absolute Gasteiger partial charge is 0.322 e. The summed E-state index contributed by atoms with van der Waals surface area (Å²) in [5.41, 5.74) is 0. The molecule has 0 amide bonds. The minimum atomic E-state index is -0.811. The molecule has 0 aliphatic rings. The quantitative estimate of drug-likeness (QED) is 0.597. The van der Waals surface area contributed by atoms with Crippen molar-refractivity contribution in [2.75, 3.05) is 40.4 Å². The number of carbonyl (C=O) groups is 1. The maximum Gasteiger partial charge on any atom is 0.322 e. The molecule has 0 aromatic rings. The Morgan fingerprint density at radius 1 is 1.44 bits per heavy atom. The molecule has 0 saturated carbocycles. The van der Waals surface area contributed by atoms with Crippen LogP contribution in [0, 0.1) is 5.92 Å². The molecule has 1 unspecified atom stereocenters. The molecule has 5 heteroatoms. The second kappa shape index (κ2) is 8.50. The van der Waals surface area contributed by atoms with E-state index >= 15 is 0 Å². The van der Waals surface area contributed by atoms with Gasteiger partial charge >= 0.3 is 5.97 Å². The summed E-state index contributed by atoms with van der Waals surface area (Å²) < 4.78 is 5.02. The van der Waals surface area contributed by atoms with Gasteiger partial charge in [0.1, 0.15) is 6.04 Å². The molecule has 0 spiro atoms. The molecular formula is C11H24N2O3. The number of carboxylic acids is 1. The van der Waals surface area contributed by atoms with Gasteiger partial charge in [-0.1, -0.05) is 13.8 Å². The summed E-state index contributed by atoms with van der Waals surface area (Å²) in [5.74, 6) is -0.295. The molecule has 0 aromatic carbocycles. The van der Waals surface area contributed by atoms with E-state index in [0.29, 0.717) is 19.1 Å². The van der Waals surface area contributed by atoms with Crippen LogP contribution < -0.4 is 5.32 Å². The van der Waals surface area contributed by atoms with Gasteiger partial charge < -0.3 is 15.2 Å². The minimum Gasteiger partial charge on any atom is -0.480 e. The summed E-state index contributed by atoms with van der Waals surface area (Å²) in [4.78, 5) is 13.0. The summed E-state index contributed by atoms with van der Waals surface area (Å²) in [5, 5.41) is 11.8. The average molecular weight is 232 g/mol. The normalized spacial score (nSPS) is 13.4. The Hall–Kier alpha value is -0.650. The van der Waals surface area contributed by atoms with Gasteiger partial charge in [0.05, 0.1) is 6.61 Å². The third kappa shape index (κ3) is 6.76. The summed E-state index contributed by atoms with van der Waals surface area (Å²) in [7, 11) is 3.32. The van der Waals surface area contributed by atoms with Crippen LogP contribution in [0.15, 0.2) is 0 Å². The number of hydrogen-bond donors (Lipinski definition) is 2. The zero-order valence-electron chi connectivity index (χ0n) is 10.7.